The van der Waals surface area contributed by atoms with Gasteiger partial charge in [-0.2, -0.15) is 0 Å². The molecule has 0 heterocycles. The van der Waals surface area contributed by atoms with Crippen molar-refractivity contribution in [3.05, 3.63) is 106 Å². The van der Waals surface area contributed by atoms with Crippen LogP contribution in [0.25, 0.3) is 11.1 Å². The van der Waals surface area contributed by atoms with E-state index < -0.39 is 24.1 Å². The van der Waals surface area contributed by atoms with Crippen LogP contribution in [-0.2, 0) is 43.0 Å². The number of hydrogen-bond acceptors (Lipinski definition) is 6. The first kappa shape index (κ1) is 44.0. The molecule has 2 N–H and O–H groups in total. The van der Waals surface area contributed by atoms with E-state index >= 15 is 0 Å². The molecule has 0 fully saturated rings. The normalized spacial score (nSPS) is 14.1. The maximum absolute atomic E-state index is 13.8. The molecule has 1 aliphatic rings. The quantitative estimate of drug-likeness (QED) is 0.154. The maximum atomic E-state index is 13.8. The summed E-state index contributed by atoms with van der Waals surface area (Å²) in [6, 6.07) is 20.3. The Labute approximate surface area is 345 Å². The number of benzene rings is 4. The summed E-state index contributed by atoms with van der Waals surface area (Å²) in [5.41, 5.74) is 6.97. The van der Waals surface area contributed by atoms with Gasteiger partial charge >= 0.3 is 12.1 Å². The highest BCUT2D eigenvalue weighted by atomic mass is 32.4. The van der Waals surface area contributed by atoms with Crippen molar-refractivity contribution in [3.63, 3.8) is 0 Å². The number of ether oxygens (including phenoxy) is 3. The lowest BCUT2D eigenvalue weighted by atomic mass is 9.79. The van der Waals surface area contributed by atoms with Crippen LogP contribution in [0.5, 0.6) is 11.5 Å². The molecule has 0 saturated carbocycles. The minimum Gasteiger partial charge on any atom is -0.496 e. The van der Waals surface area contributed by atoms with E-state index in [1.807, 2.05) is 24.3 Å². The van der Waals surface area contributed by atoms with E-state index in [1.165, 1.54) is 0 Å². The van der Waals surface area contributed by atoms with Gasteiger partial charge in [0, 0.05) is 40.4 Å². The topological polar surface area (TPSA) is 94.1 Å². The maximum Gasteiger partial charge on any atom is 0.407 e. The number of fused-ring (bicyclic) bond motifs is 3. The highest BCUT2D eigenvalue weighted by Gasteiger charge is 2.38. The SMILES string of the molecule is COc1c(C(C)(C)C)cc(P(=S)(C[C@@H](NC(=O)OCC2c3ccccc3-c3ccccc32)C(=O)O)c2cc(C(C)(C)C)c(OC)c(C(C)(C)C)c2)cc1C(C)(C)C. The molecule has 5 rings (SSSR count). The Balaban J connectivity index is 1.67. The van der Waals surface area contributed by atoms with Crippen LogP contribution >= 0.6 is 6.04 Å². The summed E-state index contributed by atoms with van der Waals surface area (Å²) in [5, 5.41) is 15.4. The molecule has 0 unspecified atom stereocenters. The fraction of sp³-hybridized carbons (Fsp3) is 0.458. The molecule has 1 amide bonds. The molecule has 0 spiro atoms. The number of carboxylic acids is 1. The second-order valence-corrected chi connectivity index (χ2v) is 24.2. The lowest BCUT2D eigenvalue weighted by molar-refractivity contribution is -0.138. The van der Waals surface area contributed by atoms with Gasteiger partial charge in [-0.25, -0.2) is 9.59 Å². The van der Waals surface area contributed by atoms with Gasteiger partial charge in [-0.1, -0.05) is 143 Å². The standard InChI is InChI=1S/C48H62NO6PS/c1-45(2,3)36-23-29(24-37(41(36)53-13)46(4,5)6)56(57,30-25-38(47(7,8)9)42(54-14)39(26-30)48(10,11)12)28-40(43(50)51)49-44(52)55-27-35-33-21-17-15-19-31(33)32-20-16-18-22-34(32)35/h15-26,35,40H,27-28H2,1-14H3,(H,49,52)(H,50,51)/t40-/m1/s1. The molecule has 9 heteroatoms. The van der Waals surface area contributed by atoms with E-state index in [1.54, 1.807) is 14.2 Å². The molecule has 0 bridgehead atoms. The molecule has 1 atom stereocenters. The van der Waals surface area contributed by atoms with Gasteiger partial charge in [0.1, 0.15) is 24.1 Å². The van der Waals surface area contributed by atoms with E-state index in [4.69, 9.17) is 26.0 Å². The Bertz CT molecular complexity index is 2010. The Morgan fingerprint density at radius 2 is 1.02 bits per heavy atom. The number of carboxylic acid groups (broad SMARTS) is 1. The summed E-state index contributed by atoms with van der Waals surface area (Å²) < 4.78 is 18.2. The third kappa shape index (κ3) is 8.98. The van der Waals surface area contributed by atoms with Gasteiger partial charge in [-0.15, -0.1) is 0 Å². The number of aliphatic carboxylic acids is 1. The fourth-order valence-electron chi connectivity index (χ4n) is 7.90. The summed E-state index contributed by atoms with van der Waals surface area (Å²) in [5.74, 6) is 0.243. The van der Waals surface area contributed by atoms with Crippen molar-refractivity contribution in [1.82, 2.24) is 5.32 Å². The molecular weight excluding hydrogens is 750 g/mol. The highest BCUT2D eigenvalue weighted by molar-refractivity contribution is 8.22. The number of carbonyl (C=O) groups is 2. The summed E-state index contributed by atoms with van der Waals surface area (Å²) in [6.45, 7) is 25.8. The molecule has 306 valence electrons. The first-order chi connectivity index (χ1) is 26.3. The van der Waals surface area contributed by atoms with Crippen LogP contribution in [0.3, 0.4) is 0 Å². The summed E-state index contributed by atoms with van der Waals surface area (Å²) >= 11 is 6.99. The Kier molecular flexibility index (Phi) is 12.3. The minimum atomic E-state index is -3.09. The number of alkyl carbamates (subject to hydrolysis) is 1. The zero-order valence-corrected chi connectivity index (χ0v) is 38.1. The van der Waals surface area contributed by atoms with E-state index in [2.05, 4.69) is 137 Å². The van der Waals surface area contributed by atoms with Gasteiger partial charge in [0.15, 0.2) is 0 Å². The smallest absolute Gasteiger partial charge is 0.407 e. The average molecular weight is 812 g/mol. The number of nitrogens with one attached hydrogen (secondary N) is 1. The Morgan fingerprint density at radius 1 is 0.667 bits per heavy atom. The van der Waals surface area contributed by atoms with Crippen LogP contribution in [0.4, 0.5) is 4.79 Å². The van der Waals surface area contributed by atoms with Gasteiger partial charge in [-0.05, 0) is 78.8 Å². The van der Waals surface area contributed by atoms with Crippen molar-refractivity contribution >= 4 is 40.5 Å². The van der Waals surface area contributed by atoms with Crippen molar-refractivity contribution in [3.8, 4) is 22.6 Å². The third-order valence-electron chi connectivity index (χ3n) is 11.0. The van der Waals surface area contributed by atoms with Crippen LogP contribution in [0.1, 0.15) is 122 Å². The second-order valence-electron chi connectivity index (χ2n) is 19.4. The van der Waals surface area contributed by atoms with Gasteiger partial charge in [0.05, 0.1) is 14.2 Å². The molecule has 0 saturated heterocycles. The highest BCUT2D eigenvalue weighted by Crippen LogP contribution is 2.51. The van der Waals surface area contributed by atoms with E-state index in [9.17, 15) is 14.7 Å². The van der Waals surface area contributed by atoms with Gasteiger partial charge < -0.3 is 24.6 Å². The van der Waals surface area contributed by atoms with Crippen molar-refractivity contribution in [2.24, 2.45) is 0 Å². The van der Waals surface area contributed by atoms with E-state index in [0.29, 0.717) is 0 Å². The molecule has 0 radical (unpaired) electrons. The molecule has 4 aromatic rings. The monoisotopic (exact) mass is 811 g/mol. The summed E-state index contributed by atoms with van der Waals surface area (Å²) in [6.07, 6.45) is -0.826. The number of methoxy groups -OCH3 is 2. The van der Waals surface area contributed by atoms with Crippen molar-refractivity contribution in [1.29, 1.82) is 0 Å². The first-order valence-electron chi connectivity index (χ1n) is 19.7. The minimum absolute atomic E-state index is 0.0269. The lowest BCUT2D eigenvalue weighted by Crippen LogP contribution is -2.45. The third-order valence-corrected chi connectivity index (χ3v) is 15.8. The molecular formula is C48H62NO6PS. The number of rotatable bonds is 10. The van der Waals surface area contributed by atoms with Gasteiger partial charge in [0.25, 0.3) is 0 Å². The van der Waals surface area contributed by atoms with Crippen LogP contribution in [0, 0.1) is 0 Å². The predicted molar refractivity (Wildman–Crippen MR) is 239 cm³/mol. The Hall–Kier alpha value is -4.13. The van der Waals surface area contributed by atoms with Gasteiger partial charge in [0.2, 0.25) is 0 Å². The molecule has 57 heavy (non-hydrogen) atoms. The van der Waals surface area contributed by atoms with E-state index in [0.717, 1.165) is 66.6 Å². The zero-order valence-electron chi connectivity index (χ0n) is 36.3. The summed E-state index contributed by atoms with van der Waals surface area (Å²) in [4.78, 5) is 27.1. The van der Waals surface area contributed by atoms with Gasteiger partial charge in [-0.3, -0.25) is 0 Å². The molecule has 4 aromatic carbocycles. The molecule has 0 aromatic heterocycles. The van der Waals surface area contributed by atoms with Crippen molar-refractivity contribution < 1.29 is 28.9 Å². The average Bonchev–Trinajstić information content (AvgIpc) is 3.44. The van der Waals surface area contributed by atoms with E-state index in [-0.39, 0.29) is 40.3 Å². The molecule has 1 aliphatic carbocycles. The largest absolute Gasteiger partial charge is 0.496 e. The fourth-order valence-corrected chi connectivity index (χ4v) is 11.8. The number of amides is 1. The zero-order chi connectivity index (χ0) is 42.5. The predicted octanol–water partition coefficient (Wildman–Crippen LogP) is 10.3. The Morgan fingerprint density at radius 3 is 1.33 bits per heavy atom. The second kappa shape index (κ2) is 15.9. The van der Waals surface area contributed by atoms with Crippen LogP contribution in [-0.4, -0.2) is 50.2 Å². The first-order valence-corrected chi connectivity index (χ1v) is 22.7. The van der Waals surface area contributed by atoms with Crippen molar-refractivity contribution in [2.45, 2.75) is 117 Å². The summed E-state index contributed by atoms with van der Waals surface area (Å²) in [7, 11) is 3.39. The number of carbonyl (C=O) groups excluding carboxylic acids is 1. The van der Waals surface area contributed by atoms with Crippen LogP contribution in [0.15, 0.2) is 72.8 Å². The van der Waals surface area contributed by atoms with Crippen LogP contribution < -0.4 is 25.4 Å². The van der Waals surface area contributed by atoms with Crippen molar-refractivity contribution in [2.75, 3.05) is 27.0 Å². The van der Waals surface area contributed by atoms with Crippen LogP contribution in [0.2, 0.25) is 0 Å². The number of hydrogen-bond donors (Lipinski definition) is 2. The molecule has 0 aliphatic heterocycles. The molecule has 7 nitrogen and oxygen atoms in total. The lowest BCUT2D eigenvalue weighted by Gasteiger charge is -2.35.